The summed E-state index contributed by atoms with van der Waals surface area (Å²) in [7, 11) is 1.87. The first-order valence-corrected chi connectivity index (χ1v) is 6.55. The molecule has 0 aromatic heterocycles. The molecule has 0 aliphatic carbocycles. The molecule has 1 N–H and O–H groups in total. The predicted octanol–water partition coefficient (Wildman–Crippen LogP) is 2.54. The molecule has 1 amide bonds. The van der Waals surface area contributed by atoms with Crippen LogP contribution in [0.2, 0.25) is 0 Å². The first kappa shape index (κ1) is 16.0. The highest BCUT2D eigenvalue weighted by atomic mass is 35.5. The minimum absolute atomic E-state index is 0. The largest absolute Gasteiger partial charge is 0.316 e. The summed E-state index contributed by atoms with van der Waals surface area (Å²) in [5.41, 5.74) is 3.39. The Labute approximate surface area is 121 Å². The molecule has 19 heavy (non-hydrogen) atoms. The first-order valence-electron chi connectivity index (χ1n) is 6.55. The Bertz CT molecular complexity index is 437. The van der Waals surface area contributed by atoms with Crippen molar-refractivity contribution in [3.63, 3.8) is 0 Å². The van der Waals surface area contributed by atoms with Crippen molar-refractivity contribution in [2.45, 2.75) is 20.8 Å². The highest BCUT2D eigenvalue weighted by Gasteiger charge is 2.30. The lowest BCUT2D eigenvalue weighted by atomic mass is 9.88. The van der Waals surface area contributed by atoms with Crippen LogP contribution in [0.25, 0.3) is 0 Å². The van der Waals surface area contributed by atoms with Gasteiger partial charge >= 0.3 is 0 Å². The fourth-order valence-electron chi connectivity index (χ4n) is 2.44. The van der Waals surface area contributed by atoms with E-state index in [1.54, 1.807) is 4.90 Å². The van der Waals surface area contributed by atoms with Crippen molar-refractivity contribution in [3.8, 4) is 0 Å². The van der Waals surface area contributed by atoms with Gasteiger partial charge < -0.3 is 10.2 Å². The molecule has 0 spiro atoms. The van der Waals surface area contributed by atoms with E-state index in [-0.39, 0.29) is 24.2 Å². The van der Waals surface area contributed by atoms with Crippen molar-refractivity contribution in [1.29, 1.82) is 0 Å². The van der Waals surface area contributed by atoms with Gasteiger partial charge in [0, 0.05) is 18.7 Å². The van der Waals surface area contributed by atoms with Gasteiger partial charge in [0.1, 0.15) is 0 Å². The number of hydrogen-bond donors (Lipinski definition) is 1. The number of rotatable bonds is 3. The van der Waals surface area contributed by atoms with E-state index in [1.165, 1.54) is 11.1 Å². The first-order chi connectivity index (χ1) is 8.49. The zero-order valence-corrected chi connectivity index (χ0v) is 12.9. The fourth-order valence-corrected chi connectivity index (χ4v) is 2.44. The second-order valence-electron chi connectivity index (χ2n) is 5.45. The Morgan fingerprint density at radius 2 is 1.79 bits per heavy atom. The normalized spacial score (nSPS) is 16.2. The van der Waals surface area contributed by atoms with Crippen LogP contribution >= 0.6 is 12.4 Å². The van der Waals surface area contributed by atoms with Crippen LogP contribution in [0.4, 0.5) is 5.69 Å². The number of carbonyl (C=O) groups excluding carboxylic acids is 1. The highest BCUT2D eigenvalue weighted by Crippen LogP contribution is 2.23. The smallest absolute Gasteiger partial charge is 0.229 e. The Morgan fingerprint density at radius 1 is 1.26 bits per heavy atom. The molecular formula is C15H23ClN2O. The van der Waals surface area contributed by atoms with Crippen LogP contribution in [0, 0.1) is 25.7 Å². The summed E-state index contributed by atoms with van der Waals surface area (Å²) in [6, 6.07) is 6.26. The Kier molecular flexibility index (Phi) is 5.39. The Balaban J connectivity index is 0.00000180. The SMILES string of the molecule is Cc1cc(C)cc(N(C)C(=O)C(C)C2CNC2)c1.Cl. The summed E-state index contributed by atoms with van der Waals surface area (Å²) in [5.74, 6) is 0.800. The molecule has 1 fully saturated rings. The number of benzene rings is 1. The Hall–Kier alpha value is -1.06. The maximum absolute atomic E-state index is 12.4. The average Bonchev–Trinajstić information content (AvgIpc) is 2.23. The number of hydrogen-bond acceptors (Lipinski definition) is 2. The molecule has 0 radical (unpaired) electrons. The highest BCUT2D eigenvalue weighted by molar-refractivity contribution is 5.94. The van der Waals surface area contributed by atoms with Gasteiger partial charge in [-0.2, -0.15) is 0 Å². The van der Waals surface area contributed by atoms with E-state index in [0.717, 1.165) is 18.8 Å². The van der Waals surface area contributed by atoms with Crippen LogP contribution in [0.15, 0.2) is 18.2 Å². The number of nitrogens with zero attached hydrogens (tertiary/aromatic N) is 1. The maximum atomic E-state index is 12.4. The summed E-state index contributed by atoms with van der Waals surface area (Å²) in [6.45, 7) is 8.09. The molecule has 2 rings (SSSR count). The zero-order chi connectivity index (χ0) is 13.3. The predicted molar refractivity (Wildman–Crippen MR) is 82.1 cm³/mol. The topological polar surface area (TPSA) is 32.3 Å². The van der Waals surface area contributed by atoms with Crippen molar-refractivity contribution in [1.82, 2.24) is 5.32 Å². The molecule has 1 unspecified atom stereocenters. The van der Waals surface area contributed by atoms with E-state index in [9.17, 15) is 4.79 Å². The molecule has 1 aromatic rings. The number of carbonyl (C=O) groups is 1. The van der Waals surface area contributed by atoms with Crippen molar-refractivity contribution in [2.75, 3.05) is 25.0 Å². The lowest BCUT2D eigenvalue weighted by Gasteiger charge is -2.34. The molecule has 1 atom stereocenters. The molecular weight excluding hydrogens is 260 g/mol. The minimum Gasteiger partial charge on any atom is -0.316 e. The zero-order valence-electron chi connectivity index (χ0n) is 12.1. The molecule has 106 valence electrons. The van der Waals surface area contributed by atoms with E-state index in [1.807, 2.05) is 14.0 Å². The lowest BCUT2D eigenvalue weighted by molar-refractivity contribution is -0.123. The second kappa shape index (κ2) is 6.40. The monoisotopic (exact) mass is 282 g/mol. The number of amides is 1. The Morgan fingerprint density at radius 3 is 2.21 bits per heavy atom. The van der Waals surface area contributed by atoms with Crippen molar-refractivity contribution in [2.24, 2.45) is 11.8 Å². The van der Waals surface area contributed by atoms with Crippen molar-refractivity contribution >= 4 is 24.0 Å². The van der Waals surface area contributed by atoms with Gasteiger partial charge in [-0.3, -0.25) is 4.79 Å². The van der Waals surface area contributed by atoms with Crippen LogP contribution in [0.1, 0.15) is 18.1 Å². The van der Waals surface area contributed by atoms with Gasteiger partial charge in [0.25, 0.3) is 0 Å². The van der Waals surface area contributed by atoms with Crippen molar-refractivity contribution < 1.29 is 4.79 Å². The summed E-state index contributed by atoms with van der Waals surface area (Å²) < 4.78 is 0. The molecule has 0 saturated carbocycles. The van der Waals surface area contributed by atoms with Gasteiger partial charge in [-0.1, -0.05) is 13.0 Å². The summed E-state index contributed by atoms with van der Waals surface area (Å²) in [4.78, 5) is 14.2. The quantitative estimate of drug-likeness (QED) is 0.924. The lowest BCUT2D eigenvalue weighted by Crippen LogP contribution is -2.50. The van der Waals surface area contributed by atoms with Crippen LogP contribution in [0.5, 0.6) is 0 Å². The van der Waals surface area contributed by atoms with Crippen LogP contribution < -0.4 is 10.2 Å². The molecule has 0 bridgehead atoms. The number of anilines is 1. The van der Waals surface area contributed by atoms with Gasteiger partial charge in [-0.25, -0.2) is 0 Å². The van der Waals surface area contributed by atoms with Gasteiger partial charge in [-0.05, 0) is 56.1 Å². The maximum Gasteiger partial charge on any atom is 0.229 e. The third-order valence-corrected chi connectivity index (χ3v) is 3.83. The van der Waals surface area contributed by atoms with E-state index in [0.29, 0.717) is 5.92 Å². The molecule has 1 aliphatic rings. The molecule has 4 heteroatoms. The minimum atomic E-state index is 0. The molecule has 1 heterocycles. The standard InChI is InChI=1S/C15H22N2O.ClH/c1-10-5-11(2)7-14(6-10)17(4)15(18)12(3)13-8-16-9-13;/h5-7,12-13,16H,8-9H2,1-4H3;1H. The molecule has 1 aromatic carbocycles. The summed E-state index contributed by atoms with van der Waals surface area (Å²) >= 11 is 0. The third kappa shape index (κ3) is 3.48. The van der Waals surface area contributed by atoms with Crippen LogP contribution in [0.3, 0.4) is 0 Å². The van der Waals surface area contributed by atoms with Gasteiger partial charge in [0.15, 0.2) is 0 Å². The van der Waals surface area contributed by atoms with Gasteiger partial charge in [0.05, 0.1) is 0 Å². The van der Waals surface area contributed by atoms with Crippen LogP contribution in [-0.2, 0) is 4.79 Å². The van der Waals surface area contributed by atoms with E-state index in [2.05, 4.69) is 37.4 Å². The van der Waals surface area contributed by atoms with Crippen molar-refractivity contribution in [3.05, 3.63) is 29.3 Å². The third-order valence-electron chi connectivity index (χ3n) is 3.83. The number of halogens is 1. The summed E-state index contributed by atoms with van der Waals surface area (Å²) in [5, 5.41) is 3.22. The average molecular weight is 283 g/mol. The molecule has 3 nitrogen and oxygen atoms in total. The van der Waals surface area contributed by atoms with E-state index in [4.69, 9.17) is 0 Å². The fraction of sp³-hybridized carbons (Fsp3) is 0.533. The van der Waals surface area contributed by atoms with E-state index < -0.39 is 0 Å². The van der Waals surface area contributed by atoms with E-state index >= 15 is 0 Å². The number of nitrogens with one attached hydrogen (secondary N) is 1. The summed E-state index contributed by atoms with van der Waals surface area (Å²) in [6.07, 6.45) is 0. The van der Waals surface area contributed by atoms with Crippen LogP contribution in [-0.4, -0.2) is 26.0 Å². The molecule has 1 saturated heterocycles. The second-order valence-corrected chi connectivity index (χ2v) is 5.45. The van der Waals surface area contributed by atoms with Gasteiger partial charge in [0.2, 0.25) is 5.91 Å². The van der Waals surface area contributed by atoms with Gasteiger partial charge in [-0.15, -0.1) is 12.4 Å². The number of aryl methyl sites for hydroxylation is 2. The molecule has 1 aliphatic heterocycles.